The Hall–Kier alpha value is -3.48. The van der Waals surface area contributed by atoms with Gasteiger partial charge in [-0.1, -0.05) is 12.1 Å². The van der Waals surface area contributed by atoms with Crippen molar-refractivity contribution in [1.82, 2.24) is 4.90 Å². The van der Waals surface area contributed by atoms with Crippen molar-refractivity contribution in [3.63, 3.8) is 0 Å². The fraction of sp³-hybridized carbons (Fsp3) is 0.238. The first-order valence-corrected chi connectivity index (χ1v) is 9.09. The number of nitrogens with zero attached hydrogens (tertiary/aromatic N) is 2. The smallest absolute Gasteiger partial charge is 0.338 e. The van der Waals surface area contributed by atoms with E-state index in [1.54, 1.807) is 29.2 Å². The number of amides is 3. The van der Waals surface area contributed by atoms with Crippen LogP contribution in [0.15, 0.2) is 48.5 Å². The minimum absolute atomic E-state index is 0.200. The SMILES string of the molecule is O=C(OCC(=O)N1CCCC1)c1ccc(N2C(=O)c3ccccc3C2=O)cc1. The van der Waals surface area contributed by atoms with Crippen molar-refractivity contribution in [3.05, 3.63) is 65.2 Å². The van der Waals surface area contributed by atoms with Crippen molar-refractivity contribution in [2.75, 3.05) is 24.6 Å². The van der Waals surface area contributed by atoms with Crippen molar-refractivity contribution in [1.29, 1.82) is 0 Å². The van der Waals surface area contributed by atoms with Crippen LogP contribution in [0, 0.1) is 0 Å². The lowest BCUT2D eigenvalue weighted by molar-refractivity contribution is -0.133. The minimum Gasteiger partial charge on any atom is -0.452 e. The van der Waals surface area contributed by atoms with Gasteiger partial charge in [0.1, 0.15) is 0 Å². The van der Waals surface area contributed by atoms with E-state index in [1.807, 2.05) is 0 Å². The highest BCUT2D eigenvalue weighted by atomic mass is 16.5. The predicted molar refractivity (Wildman–Crippen MR) is 100 cm³/mol. The molecule has 2 aromatic carbocycles. The summed E-state index contributed by atoms with van der Waals surface area (Å²) in [5, 5.41) is 0. The van der Waals surface area contributed by atoms with Crippen LogP contribution in [0.4, 0.5) is 5.69 Å². The molecular weight excluding hydrogens is 360 g/mol. The molecule has 142 valence electrons. The second-order valence-corrected chi connectivity index (χ2v) is 6.70. The lowest BCUT2D eigenvalue weighted by Gasteiger charge is -2.15. The predicted octanol–water partition coefficient (Wildman–Crippen LogP) is 2.27. The number of ether oxygens (including phenoxy) is 1. The Kier molecular flexibility index (Phi) is 4.65. The van der Waals surface area contributed by atoms with Gasteiger partial charge in [0.05, 0.1) is 22.4 Å². The van der Waals surface area contributed by atoms with Crippen molar-refractivity contribution in [2.45, 2.75) is 12.8 Å². The standard InChI is InChI=1S/C21H18N2O5/c24-18(22-11-3-4-12-22)13-28-21(27)14-7-9-15(10-8-14)23-19(25)16-5-1-2-6-17(16)20(23)26/h1-2,5-10H,3-4,11-13H2. The van der Waals surface area contributed by atoms with Crippen LogP contribution in [-0.2, 0) is 9.53 Å². The zero-order valence-electron chi connectivity index (χ0n) is 15.1. The number of esters is 1. The minimum atomic E-state index is -0.624. The fourth-order valence-electron chi connectivity index (χ4n) is 3.44. The van der Waals surface area contributed by atoms with E-state index in [0.29, 0.717) is 29.9 Å². The summed E-state index contributed by atoms with van der Waals surface area (Å²) in [6.45, 7) is 1.11. The first-order chi connectivity index (χ1) is 13.6. The molecule has 28 heavy (non-hydrogen) atoms. The highest BCUT2D eigenvalue weighted by Gasteiger charge is 2.36. The molecule has 3 amide bonds. The second-order valence-electron chi connectivity index (χ2n) is 6.70. The van der Waals surface area contributed by atoms with Gasteiger partial charge in [-0.3, -0.25) is 14.4 Å². The Labute approximate surface area is 161 Å². The first-order valence-electron chi connectivity index (χ1n) is 9.09. The number of likely N-dealkylation sites (tertiary alicyclic amines) is 1. The number of anilines is 1. The Morgan fingerprint density at radius 2 is 1.43 bits per heavy atom. The van der Waals surface area contributed by atoms with E-state index < -0.39 is 17.8 Å². The molecule has 0 saturated carbocycles. The molecule has 0 atom stereocenters. The van der Waals surface area contributed by atoms with Gasteiger partial charge in [0, 0.05) is 13.1 Å². The van der Waals surface area contributed by atoms with Crippen LogP contribution in [-0.4, -0.2) is 48.3 Å². The van der Waals surface area contributed by atoms with Crippen LogP contribution in [0.3, 0.4) is 0 Å². The molecule has 0 spiro atoms. The number of rotatable bonds is 4. The second kappa shape index (κ2) is 7.26. The summed E-state index contributed by atoms with van der Waals surface area (Å²) in [4.78, 5) is 51.9. The highest BCUT2D eigenvalue weighted by molar-refractivity contribution is 6.34. The van der Waals surface area contributed by atoms with Crippen molar-refractivity contribution >= 4 is 29.4 Å². The number of carbonyl (C=O) groups excluding carboxylic acids is 4. The van der Waals surface area contributed by atoms with E-state index in [9.17, 15) is 19.2 Å². The van der Waals surface area contributed by atoms with Crippen LogP contribution < -0.4 is 4.90 Å². The van der Waals surface area contributed by atoms with Crippen LogP contribution >= 0.6 is 0 Å². The zero-order chi connectivity index (χ0) is 19.7. The van der Waals surface area contributed by atoms with E-state index in [1.165, 1.54) is 24.3 Å². The maximum Gasteiger partial charge on any atom is 0.338 e. The summed E-state index contributed by atoms with van der Waals surface area (Å²) in [6, 6.07) is 12.6. The zero-order valence-corrected chi connectivity index (χ0v) is 15.1. The molecule has 7 heteroatoms. The van der Waals surface area contributed by atoms with Crippen LogP contribution in [0.1, 0.15) is 43.9 Å². The molecule has 0 aromatic heterocycles. The Bertz CT molecular complexity index is 926. The monoisotopic (exact) mass is 378 g/mol. The quantitative estimate of drug-likeness (QED) is 0.602. The third kappa shape index (κ3) is 3.15. The van der Waals surface area contributed by atoms with Gasteiger partial charge in [-0.25, -0.2) is 9.69 Å². The number of hydrogen-bond donors (Lipinski definition) is 0. The molecule has 0 radical (unpaired) electrons. The molecule has 0 unspecified atom stereocenters. The van der Waals surface area contributed by atoms with Gasteiger partial charge in [0.15, 0.2) is 6.61 Å². The third-order valence-electron chi connectivity index (χ3n) is 4.94. The van der Waals surface area contributed by atoms with Crippen molar-refractivity contribution < 1.29 is 23.9 Å². The largest absolute Gasteiger partial charge is 0.452 e. The number of benzene rings is 2. The molecule has 2 heterocycles. The van der Waals surface area contributed by atoms with E-state index in [4.69, 9.17) is 4.74 Å². The molecule has 2 aromatic rings. The van der Waals surface area contributed by atoms with Gasteiger partial charge in [-0.2, -0.15) is 0 Å². The lowest BCUT2D eigenvalue weighted by atomic mass is 10.1. The normalized spacial score (nSPS) is 15.7. The number of imide groups is 1. The summed E-state index contributed by atoms with van der Waals surface area (Å²) < 4.78 is 5.08. The van der Waals surface area contributed by atoms with Crippen LogP contribution in [0.5, 0.6) is 0 Å². The fourth-order valence-corrected chi connectivity index (χ4v) is 3.44. The molecule has 2 aliphatic heterocycles. The molecular formula is C21H18N2O5. The molecule has 0 aliphatic carbocycles. The van der Waals surface area contributed by atoms with Gasteiger partial charge in [-0.05, 0) is 49.2 Å². The lowest BCUT2D eigenvalue weighted by Crippen LogP contribution is -2.32. The molecule has 2 aliphatic rings. The summed E-state index contributed by atoms with van der Waals surface area (Å²) in [5.41, 5.74) is 1.33. The summed E-state index contributed by atoms with van der Waals surface area (Å²) in [5.74, 6) is -1.62. The van der Waals surface area contributed by atoms with E-state index in [0.717, 1.165) is 17.7 Å². The Balaban J connectivity index is 1.43. The maximum atomic E-state index is 12.5. The first kappa shape index (κ1) is 17.9. The summed E-state index contributed by atoms with van der Waals surface area (Å²) >= 11 is 0. The summed E-state index contributed by atoms with van der Waals surface area (Å²) in [7, 11) is 0. The molecule has 1 fully saturated rings. The van der Waals surface area contributed by atoms with Crippen LogP contribution in [0.2, 0.25) is 0 Å². The van der Waals surface area contributed by atoms with E-state index in [-0.39, 0.29) is 18.1 Å². The number of carbonyl (C=O) groups is 4. The summed E-state index contributed by atoms with van der Waals surface area (Å²) in [6.07, 6.45) is 1.94. The third-order valence-corrected chi connectivity index (χ3v) is 4.94. The van der Waals surface area contributed by atoms with Gasteiger partial charge in [-0.15, -0.1) is 0 Å². The van der Waals surface area contributed by atoms with Gasteiger partial charge in [0.2, 0.25) is 0 Å². The number of fused-ring (bicyclic) bond motifs is 1. The maximum absolute atomic E-state index is 12.5. The topological polar surface area (TPSA) is 84.0 Å². The van der Waals surface area contributed by atoms with Gasteiger partial charge >= 0.3 is 5.97 Å². The van der Waals surface area contributed by atoms with E-state index in [2.05, 4.69) is 0 Å². The highest BCUT2D eigenvalue weighted by Crippen LogP contribution is 2.28. The molecule has 4 rings (SSSR count). The Morgan fingerprint density at radius 3 is 2.00 bits per heavy atom. The average Bonchev–Trinajstić information content (AvgIpc) is 3.34. The molecule has 1 saturated heterocycles. The van der Waals surface area contributed by atoms with Crippen molar-refractivity contribution in [2.24, 2.45) is 0 Å². The van der Waals surface area contributed by atoms with Crippen molar-refractivity contribution in [3.8, 4) is 0 Å². The Morgan fingerprint density at radius 1 is 0.857 bits per heavy atom. The van der Waals surface area contributed by atoms with Gasteiger partial charge < -0.3 is 9.64 Å². The molecule has 7 nitrogen and oxygen atoms in total. The molecule has 0 N–H and O–H groups in total. The number of hydrogen-bond acceptors (Lipinski definition) is 5. The molecule has 0 bridgehead atoms. The van der Waals surface area contributed by atoms with Crippen LogP contribution in [0.25, 0.3) is 0 Å². The average molecular weight is 378 g/mol. The van der Waals surface area contributed by atoms with Gasteiger partial charge in [0.25, 0.3) is 17.7 Å². The van der Waals surface area contributed by atoms with E-state index >= 15 is 0 Å².